The van der Waals surface area contributed by atoms with E-state index in [2.05, 4.69) is 22.6 Å². The maximum atomic E-state index is 9.38. The molecule has 0 fully saturated rings. The molecule has 0 bridgehead atoms. The van der Waals surface area contributed by atoms with Crippen LogP contribution in [0.3, 0.4) is 0 Å². The molecule has 1 aromatic carbocycles. The third kappa shape index (κ3) is 1.26. The van der Waals surface area contributed by atoms with Gasteiger partial charge in [0.15, 0.2) is 0 Å². The summed E-state index contributed by atoms with van der Waals surface area (Å²) < 4.78 is 1.11. The van der Waals surface area contributed by atoms with Gasteiger partial charge in [0, 0.05) is 9.13 Å². The summed E-state index contributed by atoms with van der Waals surface area (Å²) in [7, 11) is 0. The molecule has 2 heteroatoms. The highest BCUT2D eigenvalue weighted by atomic mass is 127. The molecule has 0 saturated carbocycles. The monoisotopic (exact) mass is 248 g/mol. The van der Waals surface area contributed by atoms with Crippen LogP contribution in [0.4, 0.5) is 0 Å². The molecule has 0 heterocycles. The first kappa shape index (κ1) is 7.85. The molecule has 0 atom stereocenters. The Bertz CT molecular complexity index is 229. The third-order valence-electron chi connectivity index (χ3n) is 1.57. The normalized spacial score (nSPS) is 9.90. The van der Waals surface area contributed by atoms with Gasteiger partial charge in [0.2, 0.25) is 0 Å². The van der Waals surface area contributed by atoms with Crippen molar-refractivity contribution in [2.75, 3.05) is 0 Å². The van der Waals surface area contributed by atoms with Gasteiger partial charge in [-0.05, 0) is 48.1 Å². The molecule has 1 nitrogen and oxygen atoms in total. The van der Waals surface area contributed by atoms with Crippen LogP contribution in [0.2, 0.25) is 0 Å². The second-order valence-corrected chi connectivity index (χ2v) is 3.50. The van der Waals surface area contributed by atoms with Gasteiger partial charge in [0.1, 0.15) is 5.75 Å². The van der Waals surface area contributed by atoms with Gasteiger partial charge in [-0.25, -0.2) is 0 Å². The molecule has 0 aromatic heterocycles. The highest BCUT2D eigenvalue weighted by Gasteiger charge is 2.01. The van der Waals surface area contributed by atoms with Crippen LogP contribution < -0.4 is 0 Å². The largest absolute Gasteiger partial charge is 0.507 e. The van der Waals surface area contributed by atoms with E-state index in [-0.39, 0.29) is 0 Å². The Hall–Kier alpha value is -0.250. The van der Waals surface area contributed by atoms with E-state index in [1.54, 1.807) is 0 Å². The van der Waals surface area contributed by atoms with Crippen LogP contribution in [0.1, 0.15) is 11.1 Å². The maximum absolute atomic E-state index is 9.38. The first-order valence-corrected chi connectivity index (χ1v) is 4.15. The average molecular weight is 248 g/mol. The lowest BCUT2D eigenvalue weighted by molar-refractivity contribution is 0.466. The number of hydrogen-bond donors (Lipinski definition) is 1. The summed E-state index contributed by atoms with van der Waals surface area (Å²) in [6, 6.07) is 3.93. The Morgan fingerprint density at radius 1 is 1.30 bits per heavy atom. The Morgan fingerprint density at radius 2 is 1.90 bits per heavy atom. The van der Waals surface area contributed by atoms with Gasteiger partial charge >= 0.3 is 0 Å². The summed E-state index contributed by atoms with van der Waals surface area (Å²) in [6.07, 6.45) is 0. The molecule has 1 rings (SSSR count). The van der Waals surface area contributed by atoms with E-state index in [1.807, 2.05) is 26.0 Å². The molecule has 0 spiro atoms. The number of aryl methyl sites for hydroxylation is 1. The summed E-state index contributed by atoms with van der Waals surface area (Å²) in [5.74, 6) is 0.423. The maximum Gasteiger partial charge on any atom is 0.122 e. The summed E-state index contributed by atoms with van der Waals surface area (Å²) >= 11 is 2.21. The van der Waals surface area contributed by atoms with Crippen LogP contribution in [0.15, 0.2) is 12.1 Å². The van der Waals surface area contributed by atoms with Crippen molar-refractivity contribution in [3.8, 4) is 5.75 Å². The quantitative estimate of drug-likeness (QED) is 0.699. The first-order chi connectivity index (χ1) is 4.63. The molecule has 0 aliphatic carbocycles. The topological polar surface area (TPSA) is 20.2 Å². The van der Waals surface area contributed by atoms with Crippen LogP contribution in [-0.2, 0) is 0 Å². The van der Waals surface area contributed by atoms with Gasteiger partial charge in [-0.15, -0.1) is 0 Å². The minimum absolute atomic E-state index is 0.423. The van der Waals surface area contributed by atoms with E-state index >= 15 is 0 Å². The zero-order chi connectivity index (χ0) is 7.72. The number of phenolic OH excluding ortho intramolecular Hbond substituents is 1. The van der Waals surface area contributed by atoms with Crippen molar-refractivity contribution in [1.82, 2.24) is 0 Å². The smallest absolute Gasteiger partial charge is 0.122 e. The number of halogens is 1. The van der Waals surface area contributed by atoms with Gasteiger partial charge in [-0.1, -0.05) is 6.07 Å². The molecule has 0 unspecified atom stereocenters. The molecule has 54 valence electrons. The van der Waals surface area contributed by atoms with Crippen LogP contribution in [0.25, 0.3) is 0 Å². The van der Waals surface area contributed by atoms with Crippen LogP contribution in [0.5, 0.6) is 5.75 Å². The van der Waals surface area contributed by atoms with Gasteiger partial charge < -0.3 is 5.11 Å². The lowest BCUT2D eigenvalue weighted by Gasteiger charge is -2.03. The molecule has 1 aromatic rings. The zero-order valence-corrected chi connectivity index (χ0v) is 8.14. The van der Waals surface area contributed by atoms with Gasteiger partial charge in [0.25, 0.3) is 0 Å². The first-order valence-electron chi connectivity index (χ1n) is 3.07. The van der Waals surface area contributed by atoms with Crippen molar-refractivity contribution in [1.29, 1.82) is 0 Å². The number of rotatable bonds is 0. The summed E-state index contributed by atoms with van der Waals surface area (Å²) in [6.45, 7) is 3.82. The van der Waals surface area contributed by atoms with E-state index in [1.165, 1.54) is 0 Å². The molecule has 0 aliphatic heterocycles. The van der Waals surface area contributed by atoms with E-state index < -0.39 is 0 Å². The van der Waals surface area contributed by atoms with Crippen LogP contribution >= 0.6 is 22.6 Å². The predicted octanol–water partition coefficient (Wildman–Crippen LogP) is 2.61. The fourth-order valence-corrected chi connectivity index (χ4v) is 1.25. The molecular formula is C8H9IO. The minimum Gasteiger partial charge on any atom is -0.507 e. The summed E-state index contributed by atoms with van der Waals surface area (Å²) in [4.78, 5) is 0. The second kappa shape index (κ2) is 2.78. The highest BCUT2D eigenvalue weighted by molar-refractivity contribution is 14.1. The number of phenols is 1. The molecular weight excluding hydrogens is 239 g/mol. The highest BCUT2D eigenvalue weighted by Crippen LogP contribution is 2.24. The number of hydrogen-bond acceptors (Lipinski definition) is 1. The van der Waals surface area contributed by atoms with Gasteiger partial charge in [-0.2, -0.15) is 0 Å². The molecule has 0 saturated heterocycles. The predicted molar refractivity (Wildman–Crippen MR) is 50.3 cm³/mol. The van der Waals surface area contributed by atoms with Gasteiger partial charge in [-0.3, -0.25) is 0 Å². The lowest BCUT2D eigenvalue weighted by Crippen LogP contribution is -1.83. The number of aromatic hydroxyl groups is 1. The zero-order valence-electron chi connectivity index (χ0n) is 5.98. The third-order valence-corrected chi connectivity index (χ3v) is 2.74. The van der Waals surface area contributed by atoms with E-state index in [0.717, 1.165) is 14.7 Å². The fourth-order valence-electron chi connectivity index (χ4n) is 0.811. The minimum atomic E-state index is 0.423. The van der Waals surface area contributed by atoms with Crippen molar-refractivity contribution in [3.05, 3.63) is 26.8 Å². The molecule has 0 radical (unpaired) electrons. The van der Waals surface area contributed by atoms with Crippen LogP contribution in [-0.4, -0.2) is 5.11 Å². The fraction of sp³-hybridized carbons (Fsp3) is 0.250. The Morgan fingerprint density at radius 3 is 2.40 bits per heavy atom. The summed E-state index contributed by atoms with van der Waals surface area (Å²) in [5, 5.41) is 9.38. The Kier molecular flexibility index (Phi) is 2.18. The lowest BCUT2D eigenvalue weighted by atomic mass is 10.1. The molecule has 0 amide bonds. The van der Waals surface area contributed by atoms with Gasteiger partial charge in [0.05, 0.1) is 0 Å². The van der Waals surface area contributed by atoms with E-state index in [4.69, 9.17) is 0 Å². The van der Waals surface area contributed by atoms with Crippen molar-refractivity contribution in [2.24, 2.45) is 0 Å². The molecule has 1 N–H and O–H groups in total. The SMILES string of the molecule is Cc1ccc(I)c(C)c1O. The van der Waals surface area contributed by atoms with Crippen LogP contribution in [0, 0.1) is 17.4 Å². The van der Waals surface area contributed by atoms with Crippen molar-refractivity contribution < 1.29 is 5.11 Å². The van der Waals surface area contributed by atoms with Crippen molar-refractivity contribution >= 4 is 22.6 Å². The molecule has 0 aliphatic rings. The average Bonchev–Trinajstić information content (AvgIpc) is 1.93. The summed E-state index contributed by atoms with van der Waals surface area (Å²) in [5.41, 5.74) is 1.92. The van der Waals surface area contributed by atoms with Crippen molar-refractivity contribution in [2.45, 2.75) is 13.8 Å². The second-order valence-electron chi connectivity index (χ2n) is 2.34. The van der Waals surface area contributed by atoms with E-state index in [9.17, 15) is 5.11 Å². The number of benzene rings is 1. The Labute approximate surface area is 74.2 Å². The van der Waals surface area contributed by atoms with Crippen molar-refractivity contribution in [3.63, 3.8) is 0 Å². The Balaban J connectivity index is 3.34. The van der Waals surface area contributed by atoms with E-state index in [0.29, 0.717) is 5.75 Å². The molecule has 10 heavy (non-hydrogen) atoms. The standard InChI is InChI=1S/C8H9IO/c1-5-3-4-7(9)6(2)8(5)10/h3-4,10H,1-2H3.